The lowest BCUT2D eigenvalue weighted by molar-refractivity contribution is 0.612. The number of hydrogen-bond donors (Lipinski definition) is 1. The highest BCUT2D eigenvalue weighted by Gasteiger charge is 2.50. The summed E-state index contributed by atoms with van der Waals surface area (Å²) in [4.78, 5) is 0. The van der Waals surface area contributed by atoms with E-state index in [1.165, 1.54) is 6.07 Å². The summed E-state index contributed by atoms with van der Waals surface area (Å²) in [7, 11) is 0. The molecule has 70 valence electrons. The summed E-state index contributed by atoms with van der Waals surface area (Å²) in [6.07, 6.45) is 1.09. The molecule has 0 bridgehead atoms. The van der Waals surface area contributed by atoms with E-state index in [2.05, 4.69) is 6.92 Å². The molecule has 1 aliphatic carbocycles. The highest BCUT2D eigenvalue weighted by molar-refractivity contribution is 5.32. The standard InChI is InChI=1S/C11H14FN/c1-11(6-9(11)7-13)8-3-2-4-10(12)5-8/h2-5,9H,6-7,13H2,1H3. The normalized spacial score (nSPS) is 31.8. The molecule has 1 nitrogen and oxygen atoms in total. The van der Waals surface area contributed by atoms with Crippen LogP contribution in [0, 0.1) is 11.7 Å². The quantitative estimate of drug-likeness (QED) is 0.739. The van der Waals surface area contributed by atoms with Crippen molar-refractivity contribution < 1.29 is 4.39 Å². The van der Waals surface area contributed by atoms with Gasteiger partial charge in [0.25, 0.3) is 0 Å². The van der Waals surface area contributed by atoms with Crippen LogP contribution >= 0.6 is 0 Å². The van der Waals surface area contributed by atoms with Gasteiger partial charge in [-0.05, 0) is 42.0 Å². The number of benzene rings is 1. The maximum atomic E-state index is 12.9. The number of halogens is 1. The Kier molecular flexibility index (Phi) is 1.88. The summed E-state index contributed by atoms with van der Waals surface area (Å²) in [6.45, 7) is 2.85. The zero-order valence-electron chi connectivity index (χ0n) is 7.76. The Morgan fingerprint density at radius 3 is 2.92 bits per heavy atom. The van der Waals surface area contributed by atoms with Gasteiger partial charge in [0, 0.05) is 0 Å². The van der Waals surface area contributed by atoms with Crippen LogP contribution in [0.5, 0.6) is 0 Å². The van der Waals surface area contributed by atoms with E-state index in [9.17, 15) is 4.39 Å². The third-order valence-electron chi connectivity index (χ3n) is 3.18. The van der Waals surface area contributed by atoms with Crippen LogP contribution in [-0.4, -0.2) is 6.54 Å². The van der Waals surface area contributed by atoms with Gasteiger partial charge < -0.3 is 5.73 Å². The van der Waals surface area contributed by atoms with Gasteiger partial charge in [-0.25, -0.2) is 4.39 Å². The Hall–Kier alpha value is -0.890. The minimum Gasteiger partial charge on any atom is -0.330 e. The van der Waals surface area contributed by atoms with Crippen LogP contribution in [0.3, 0.4) is 0 Å². The van der Waals surface area contributed by atoms with Gasteiger partial charge in [0.1, 0.15) is 5.82 Å². The van der Waals surface area contributed by atoms with Crippen molar-refractivity contribution in [1.82, 2.24) is 0 Å². The monoisotopic (exact) mass is 179 g/mol. The molecule has 0 aromatic heterocycles. The van der Waals surface area contributed by atoms with E-state index in [0.29, 0.717) is 12.5 Å². The predicted molar refractivity (Wildman–Crippen MR) is 50.9 cm³/mol. The number of hydrogen-bond acceptors (Lipinski definition) is 1. The fourth-order valence-corrected chi connectivity index (χ4v) is 1.99. The topological polar surface area (TPSA) is 26.0 Å². The Morgan fingerprint density at radius 1 is 1.62 bits per heavy atom. The molecule has 0 saturated heterocycles. The average Bonchev–Trinajstić information content (AvgIpc) is 2.79. The van der Waals surface area contributed by atoms with Gasteiger partial charge in [0.15, 0.2) is 0 Å². The summed E-state index contributed by atoms with van der Waals surface area (Å²) in [5.41, 5.74) is 6.81. The molecule has 0 spiro atoms. The first-order chi connectivity index (χ1) is 6.16. The van der Waals surface area contributed by atoms with Crippen LogP contribution < -0.4 is 5.73 Å². The van der Waals surface area contributed by atoms with Gasteiger partial charge >= 0.3 is 0 Å². The second-order valence-corrected chi connectivity index (χ2v) is 4.06. The van der Waals surface area contributed by atoms with Crippen molar-refractivity contribution in [1.29, 1.82) is 0 Å². The summed E-state index contributed by atoms with van der Waals surface area (Å²) in [5, 5.41) is 0. The first-order valence-electron chi connectivity index (χ1n) is 4.63. The Morgan fingerprint density at radius 2 is 2.38 bits per heavy atom. The van der Waals surface area contributed by atoms with Crippen molar-refractivity contribution in [3.8, 4) is 0 Å². The molecule has 1 aromatic rings. The molecular weight excluding hydrogens is 165 g/mol. The van der Waals surface area contributed by atoms with Gasteiger partial charge in [-0.1, -0.05) is 19.1 Å². The maximum absolute atomic E-state index is 12.9. The van der Waals surface area contributed by atoms with Crippen LogP contribution in [0.25, 0.3) is 0 Å². The molecule has 0 heterocycles. The van der Waals surface area contributed by atoms with Crippen molar-refractivity contribution >= 4 is 0 Å². The fraction of sp³-hybridized carbons (Fsp3) is 0.455. The Balaban J connectivity index is 2.27. The van der Waals surface area contributed by atoms with Crippen molar-refractivity contribution in [2.75, 3.05) is 6.54 Å². The lowest BCUT2D eigenvalue weighted by Crippen LogP contribution is -2.11. The summed E-state index contributed by atoms with van der Waals surface area (Å²) >= 11 is 0. The van der Waals surface area contributed by atoms with E-state index in [1.54, 1.807) is 12.1 Å². The van der Waals surface area contributed by atoms with E-state index >= 15 is 0 Å². The first kappa shape index (κ1) is 8.70. The summed E-state index contributed by atoms with van der Waals surface area (Å²) in [5.74, 6) is 0.385. The number of rotatable bonds is 2. The molecule has 2 heteroatoms. The van der Waals surface area contributed by atoms with Gasteiger partial charge in [-0.3, -0.25) is 0 Å². The zero-order valence-corrected chi connectivity index (χ0v) is 7.76. The van der Waals surface area contributed by atoms with Gasteiger partial charge in [0.2, 0.25) is 0 Å². The molecule has 2 rings (SSSR count). The van der Waals surface area contributed by atoms with E-state index in [0.717, 1.165) is 12.0 Å². The van der Waals surface area contributed by atoms with Crippen molar-refractivity contribution in [2.24, 2.45) is 11.7 Å². The van der Waals surface area contributed by atoms with Crippen molar-refractivity contribution in [3.05, 3.63) is 35.6 Å². The second-order valence-electron chi connectivity index (χ2n) is 4.06. The molecule has 13 heavy (non-hydrogen) atoms. The molecule has 1 aromatic carbocycles. The minimum atomic E-state index is -0.151. The molecule has 1 aliphatic rings. The molecule has 0 radical (unpaired) electrons. The molecule has 1 fully saturated rings. The largest absolute Gasteiger partial charge is 0.330 e. The van der Waals surface area contributed by atoms with Gasteiger partial charge in [-0.2, -0.15) is 0 Å². The van der Waals surface area contributed by atoms with E-state index < -0.39 is 0 Å². The third-order valence-corrected chi connectivity index (χ3v) is 3.18. The summed E-state index contributed by atoms with van der Waals surface area (Å²) < 4.78 is 12.9. The van der Waals surface area contributed by atoms with Crippen LogP contribution in [0.15, 0.2) is 24.3 Å². The van der Waals surface area contributed by atoms with Crippen molar-refractivity contribution in [3.63, 3.8) is 0 Å². The highest BCUT2D eigenvalue weighted by atomic mass is 19.1. The van der Waals surface area contributed by atoms with Crippen LogP contribution in [0.4, 0.5) is 4.39 Å². The maximum Gasteiger partial charge on any atom is 0.123 e. The highest BCUT2D eigenvalue weighted by Crippen LogP contribution is 2.53. The molecule has 1 saturated carbocycles. The second kappa shape index (κ2) is 2.81. The predicted octanol–water partition coefficient (Wildman–Crippen LogP) is 2.06. The lowest BCUT2D eigenvalue weighted by Gasteiger charge is -2.10. The minimum absolute atomic E-state index is 0.136. The first-order valence-corrected chi connectivity index (χ1v) is 4.63. The molecule has 0 amide bonds. The van der Waals surface area contributed by atoms with Crippen LogP contribution in [-0.2, 0) is 5.41 Å². The molecule has 2 N–H and O–H groups in total. The molecule has 2 atom stereocenters. The van der Waals surface area contributed by atoms with Crippen LogP contribution in [0.2, 0.25) is 0 Å². The third kappa shape index (κ3) is 1.35. The SMILES string of the molecule is CC1(c2cccc(F)c2)CC1CN. The van der Waals surface area contributed by atoms with Gasteiger partial charge in [0.05, 0.1) is 0 Å². The molecular formula is C11H14FN. The summed E-state index contributed by atoms with van der Waals surface area (Å²) in [6, 6.07) is 6.85. The zero-order chi connectivity index (χ0) is 9.47. The van der Waals surface area contributed by atoms with Crippen molar-refractivity contribution in [2.45, 2.75) is 18.8 Å². The molecule has 2 unspecified atom stereocenters. The Bertz CT molecular complexity index is 324. The average molecular weight is 179 g/mol. The van der Waals surface area contributed by atoms with E-state index in [-0.39, 0.29) is 11.2 Å². The fourth-order valence-electron chi connectivity index (χ4n) is 1.99. The van der Waals surface area contributed by atoms with Gasteiger partial charge in [-0.15, -0.1) is 0 Å². The van der Waals surface area contributed by atoms with E-state index in [1.807, 2.05) is 6.07 Å². The van der Waals surface area contributed by atoms with E-state index in [4.69, 9.17) is 5.73 Å². The number of nitrogens with two attached hydrogens (primary N) is 1. The lowest BCUT2D eigenvalue weighted by atomic mass is 9.95. The molecule has 0 aliphatic heterocycles. The van der Waals surface area contributed by atoms with Crippen LogP contribution in [0.1, 0.15) is 18.9 Å². The smallest absolute Gasteiger partial charge is 0.123 e. The Labute approximate surface area is 77.8 Å².